The molecule has 3 rings (SSSR count). The first kappa shape index (κ1) is 21.3. The second-order valence-corrected chi connectivity index (χ2v) is 8.19. The van der Waals surface area contributed by atoms with Gasteiger partial charge in [0.1, 0.15) is 0 Å². The van der Waals surface area contributed by atoms with Crippen LogP contribution in [0.1, 0.15) is 36.1 Å². The van der Waals surface area contributed by atoms with E-state index in [0.717, 1.165) is 0 Å². The Morgan fingerprint density at radius 1 is 1.17 bits per heavy atom. The summed E-state index contributed by atoms with van der Waals surface area (Å²) in [6.45, 7) is 6.48. The van der Waals surface area contributed by atoms with Crippen LogP contribution in [0, 0.1) is 5.92 Å². The minimum atomic E-state index is -0.287. The lowest BCUT2D eigenvalue weighted by molar-refractivity contribution is -0.132. The number of aromatic nitrogens is 3. The molecule has 1 aliphatic rings. The fraction of sp³-hybridized carbons (Fsp3) is 0.500. The fourth-order valence-electron chi connectivity index (χ4n) is 3.10. The predicted octanol–water partition coefficient (Wildman–Crippen LogP) is 1.89. The summed E-state index contributed by atoms with van der Waals surface area (Å²) in [6.07, 6.45) is 0. The number of ether oxygens (including phenoxy) is 1. The van der Waals surface area contributed by atoms with Crippen LogP contribution in [0.25, 0.3) is 0 Å². The van der Waals surface area contributed by atoms with Crippen LogP contribution in [-0.4, -0.2) is 63.5 Å². The van der Waals surface area contributed by atoms with Crippen LogP contribution >= 0.6 is 11.8 Å². The molecule has 1 fully saturated rings. The summed E-state index contributed by atoms with van der Waals surface area (Å²) in [5, 5.41) is 12.3. The number of hydrogen-bond donors (Lipinski definition) is 1. The molecule has 0 bridgehead atoms. The van der Waals surface area contributed by atoms with E-state index in [9.17, 15) is 9.59 Å². The van der Waals surface area contributed by atoms with Crippen LogP contribution in [0.3, 0.4) is 0 Å². The van der Waals surface area contributed by atoms with Crippen LogP contribution in [0.5, 0.6) is 0 Å². The zero-order valence-electron chi connectivity index (χ0n) is 17.0. The molecule has 2 heterocycles. The molecule has 2 amide bonds. The van der Waals surface area contributed by atoms with E-state index in [1.165, 1.54) is 11.8 Å². The Labute approximate surface area is 175 Å². The molecule has 1 aromatic heterocycles. The van der Waals surface area contributed by atoms with Crippen LogP contribution in [0.15, 0.2) is 35.5 Å². The molecule has 1 atom stereocenters. The number of rotatable bonds is 7. The Morgan fingerprint density at radius 2 is 1.86 bits per heavy atom. The lowest BCUT2D eigenvalue weighted by atomic mass is 10.0. The van der Waals surface area contributed by atoms with Crippen molar-refractivity contribution in [2.45, 2.75) is 25.0 Å². The van der Waals surface area contributed by atoms with Gasteiger partial charge in [0, 0.05) is 25.7 Å². The van der Waals surface area contributed by atoms with Crippen LogP contribution in [0.4, 0.5) is 0 Å². The summed E-state index contributed by atoms with van der Waals surface area (Å²) < 4.78 is 7.14. The Morgan fingerprint density at radius 3 is 2.52 bits per heavy atom. The average Bonchev–Trinajstić information content (AvgIpc) is 3.11. The quantitative estimate of drug-likeness (QED) is 0.692. The number of benzene rings is 1. The maximum absolute atomic E-state index is 12.6. The molecule has 0 aliphatic carbocycles. The molecule has 1 unspecified atom stereocenters. The SMILES string of the molecule is CC(C)C(NC(=O)c1ccccc1)c1nnc(SCC(=O)N2CCOCC2)n1C. The van der Waals surface area contributed by atoms with Crippen LogP contribution < -0.4 is 5.32 Å². The van der Waals surface area contributed by atoms with Gasteiger partial charge in [0.2, 0.25) is 5.91 Å². The highest BCUT2D eigenvalue weighted by molar-refractivity contribution is 7.99. The summed E-state index contributed by atoms with van der Waals surface area (Å²) in [7, 11) is 1.86. The third-order valence-corrected chi connectivity index (χ3v) is 5.83. The van der Waals surface area contributed by atoms with Crippen molar-refractivity contribution in [2.75, 3.05) is 32.1 Å². The third kappa shape index (κ3) is 5.36. The Hall–Kier alpha value is -2.39. The van der Waals surface area contributed by atoms with Gasteiger partial charge in [-0.25, -0.2) is 0 Å². The van der Waals surface area contributed by atoms with Gasteiger partial charge >= 0.3 is 0 Å². The minimum Gasteiger partial charge on any atom is -0.378 e. The summed E-state index contributed by atoms with van der Waals surface area (Å²) in [5.41, 5.74) is 0.603. The van der Waals surface area contributed by atoms with Crippen LogP contribution in [-0.2, 0) is 16.6 Å². The monoisotopic (exact) mass is 417 g/mol. The van der Waals surface area contributed by atoms with E-state index in [1.807, 2.05) is 48.6 Å². The number of carbonyl (C=O) groups is 2. The van der Waals surface area contributed by atoms with E-state index in [0.29, 0.717) is 48.6 Å². The predicted molar refractivity (Wildman–Crippen MR) is 111 cm³/mol. The van der Waals surface area contributed by atoms with Crippen molar-refractivity contribution in [1.82, 2.24) is 25.0 Å². The Bertz CT molecular complexity index is 834. The van der Waals surface area contributed by atoms with Gasteiger partial charge in [0.05, 0.1) is 25.0 Å². The van der Waals surface area contributed by atoms with Crippen LogP contribution in [0.2, 0.25) is 0 Å². The van der Waals surface area contributed by atoms with E-state index >= 15 is 0 Å². The minimum absolute atomic E-state index is 0.0700. The number of nitrogens with one attached hydrogen (secondary N) is 1. The Balaban J connectivity index is 1.66. The van der Waals surface area contributed by atoms with E-state index < -0.39 is 0 Å². The summed E-state index contributed by atoms with van der Waals surface area (Å²) >= 11 is 1.36. The van der Waals surface area contributed by atoms with Gasteiger partial charge in [-0.3, -0.25) is 9.59 Å². The van der Waals surface area contributed by atoms with Crippen molar-refractivity contribution in [1.29, 1.82) is 0 Å². The standard InChI is InChI=1S/C20H27N5O3S/c1-14(2)17(21-19(27)15-7-5-4-6-8-15)18-22-23-20(24(18)3)29-13-16(26)25-9-11-28-12-10-25/h4-8,14,17H,9-13H2,1-3H3,(H,21,27). The molecule has 8 nitrogen and oxygen atoms in total. The van der Waals surface area contributed by atoms with E-state index in [2.05, 4.69) is 15.5 Å². The summed E-state index contributed by atoms with van der Waals surface area (Å²) in [4.78, 5) is 26.8. The van der Waals surface area contributed by atoms with Gasteiger partial charge < -0.3 is 19.5 Å². The van der Waals surface area contributed by atoms with Gasteiger partial charge in [-0.15, -0.1) is 10.2 Å². The molecule has 29 heavy (non-hydrogen) atoms. The first-order valence-electron chi connectivity index (χ1n) is 9.71. The van der Waals surface area contributed by atoms with E-state index in [-0.39, 0.29) is 23.8 Å². The highest BCUT2D eigenvalue weighted by Gasteiger charge is 2.26. The number of morpholine rings is 1. The molecule has 0 radical (unpaired) electrons. The number of nitrogens with zero attached hydrogens (tertiary/aromatic N) is 4. The van der Waals surface area contributed by atoms with Gasteiger partial charge in [-0.2, -0.15) is 0 Å². The van der Waals surface area contributed by atoms with Crippen molar-refractivity contribution in [3.63, 3.8) is 0 Å². The second-order valence-electron chi connectivity index (χ2n) is 7.24. The zero-order chi connectivity index (χ0) is 20.8. The third-order valence-electron chi connectivity index (χ3n) is 4.82. The fourth-order valence-corrected chi connectivity index (χ4v) is 3.92. The van der Waals surface area contributed by atoms with Gasteiger partial charge in [-0.05, 0) is 18.1 Å². The average molecular weight is 418 g/mol. The second kappa shape index (κ2) is 9.89. The first-order valence-corrected chi connectivity index (χ1v) is 10.7. The normalized spacial score (nSPS) is 15.4. The smallest absolute Gasteiger partial charge is 0.251 e. The molecular formula is C20H27N5O3S. The molecule has 0 saturated carbocycles. The van der Waals surface area contributed by atoms with Crippen molar-refractivity contribution in [3.05, 3.63) is 41.7 Å². The number of hydrogen-bond acceptors (Lipinski definition) is 6. The molecule has 0 spiro atoms. The highest BCUT2D eigenvalue weighted by atomic mass is 32.2. The maximum Gasteiger partial charge on any atom is 0.251 e. The largest absolute Gasteiger partial charge is 0.378 e. The molecular weight excluding hydrogens is 390 g/mol. The van der Waals surface area contributed by atoms with Crippen molar-refractivity contribution < 1.29 is 14.3 Å². The van der Waals surface area contributed by atoms with E-state index in [4.69, 9.17) is 4.74 Å². The van der Waals surface area contributed by atoms with Crippen molar-refractivity contribution in [3.8, 4) is 0 Å². The first-order chi connectivity index (χ1) is 14.0. The number of amides is 2. The van der Waals surface area contributed by atoms with Gasteiger partial charge in [0.15, 0.2) is 11.0 Å². The Kier molecular flexibility index (Phi) is 7.27. The molecule has 1 saturated heterocycles. The highest BCUT2D eigenvalue weighted by Crippen LogP contribution is 2.24. The van der Waals surface area contributed by atoms with Crippen molar-refractivity contribution in [2.24, 2.45) is 13.0 Å². The van der Waals surface area contributed by atoms with Gasteiger partial charge in [-0.1, -0.05) is 43.8 Å². The zero-order valence-corrected chi connectivity index (χ0v) is 17.8. The summed E-state index contributed by atoms with van der Waals surface area (Å²) in [5.74, 6) is 1.02. The van der Waals surface area contributed by atoms with Crippen molar-refractivity contribution >= 4 is 23.6 Å². The molecule has 156 valence electrons. The van der Waals surface area contributed by atoms with E-state index in [1.54, 1.807) is 12.1 Å². The molecule has 1 aliphatic heterocycles. The molecule has 2 aromatic rings. The number of thioether (sulfide) groups is 1. The van der Waals surface area contributed by atoms with Gasteiger partial charge in [0.25, 0.3) is 5.91 Å². The molecule has 1 N–H and O–H groups in total. The maximum atomic E-state index is 12.6. The summed E-state index contributed by atoms with van der Waals surface area (Å²) in [6, 6.07) is 8.82. The topological polar surface area (TPSA) is 89.3 Å². The molecule has 1 aromatic carbocycles. The lowest BCUT2D eigenvalue weighted by Crippen LogP contribution is -2.41. The lowest BCUT2D eigenvalue weighted by Gasteiger charge is -2.26. The molecule has 9 heteroatoms. The number of carbonyl (C=O) groups excluding carboxylic acids is 2.